The van der Waals surface area contributed by atoms with Crippen LogP contribution < -0.4 is 15.5 Å². The van der Waals surface area contributed by atoms with Crippen LogP contribution in [0.5, 0.6) is 11.5 Å². The molecule has 36 heavy (non-hydrogen) atoms. The number of benzene rings is 4. The molecule has 0 atom stereocenters. The molecule has 0 aliphatic rings. The molecule has 0 aromatic heterocycles. The van der Waals surface area contributed by atoms with Crippen LogP contribution in [0.3, 0.4) is 0 Å². The summed E-state index contributed by atoms with van der Waals surface area (Å²) in [6.07, 6.45) is 1.71. The van der Waals surface area contributed by atoms with Gasteiger partial charge in [0, 0.05) is 22.2 Å². The van der Waals surface area contributed by atoms with Crippen molar-refractivity contribution >= 4 is 34.5 Å². The summed E-state index contributed by atoms with van der Waals surface area (Å²) in [7, 11) is 1.58. The maximum Gasteiger partial charge on any atom is 0.271 e. The molecule has 8 nitrogen and oxygen atoms in total. The number of phenolic OH excluding ortho intramolecular Hbond substituents is 1. The topological polar surface area (TPSA) is 124 Å². The zero-order valence-corrected chi connectivity index (χ0v) is 19.4. The van der Waals surface area contributed by atoms with E-state index in [0.29, 0.717) is 11.4 Å². The Morgan fingerprint density at radius 2 is 1.83 bits per heavy atom. The molecule has 4 aromatic rings. The van der Waals surface area contributed by atoms with Gasteiger partial charge in [0.2, 0.25) is 5.91 Å². The number of nitriles is 1. The molecule has 0 saturated carbocycles. The average molecular weight is 479 g/mol. The second-order valence-corrected chi connectivity index (χ2v) is 7.87. The van der Waals surface area contributed by atoms with E-state index in [0.717, 1.165) is 21.9 Å². The summed E-state index contributed by atoms with van der Waals surface area (Å²) in [5.41, 5.74) is 4.86. The second kappa shape index (κ2) is 10.8. The first kappa shape index (κ1) is 24.0. The molecule has 4 rings (SSSR count). The van der Waals surface area contributed by atoms with Gasteiger partial charge in [0.05, 0.1) is 25.3 Å². The number of ether oxygens (including phenoxy) is 1. The number of hydrogen-bond acceptors (Lipinski definition) is 6. The Bertz CT molecular complexity index is 1520. The maximum absolute atomic E-state index is 12.7. The Morgan fingerprint density at radius 1 is 1.03 bits per heavy atom. The Kier molecular flexibility index (Phi) is 7.22. The first-order valence-electron chi connectivity index (χ1n) is 11.0. The number of hydrazone groups is 1. The van der Waals surface area contributed by atoms with Gasteiger partial charge in [-0.15, -0.1) is 0 Å². The molecule has 0 saturated heterocycles. The number of fused-ring (bicyclic) bond motifs is 1. The highest BCUT2D eigenvalue weighted by Crippen LogP contribution is 2.26. The van der Waals surface area contributed by atoms with Crippen molar-refractivity contribution in [3.05, 3.63) is 101 Å². The molecule has 0 aliphatic carbocycles. The predicted octanol–water partition coefficient (Wildman–Crippen LogP) is 4.37. The van der Waals surface area contributed by atoms with Gasteiger partial charge in [0.15, 0.2) is 0 Å². The minimum atomic E-state index is -0.520. The third kappa shape index (κ3) is 5.48. The molecule has 3 N–H and O–H groups in total. The third-order valence-electron chi connectivity index (χ3n) is 5.48. The number of phenols is 1. The standard InChI is InChI=1S/C28H22N4O4/c1-36-22-6-4-5-18(13-22)14-27(34)31-25-11-9-20(23-7-2-3-8-24(23)25)17-30-32-28(35)19-10-12-26(33)21(15-19)16-29/h2-13,15,17,33H,14H2,1H3,(H,31,34)(H,32,35). The number of carbonyl (C=O) groups is 2. The van der Waals surface area contributed by atoms with Gasteiger partial charge in [-0.3, -0.25) is 9.59 Å². The van der Waals surface area contributed by atoms with Gasteiger partial charge in [-0.2, -0.15) is 10.4 Å². The van der Waals surface area contributed by atoms with Crippen molar-refractivity contribution in [2.75, 3.05) is 12.4 Å². The van der Waals surface area contributed by atoms with E-state index >= 15 is 0 Å². The molecule has 2 amide bonds. The maximum atomic E-state index is 12.7. The number of nitrogens with one attached hydrogen (secondary N) is 2. The molecule has 4 aromatic carbocycles. The Labute approximate surface area is 207 Å². The lowest BCUT2D eigenvalue weighted by molar-refractivity contribution is -0.115. The predicted molar refractivity (Wildman–Crippen MR) is 137 cm³/mol. The largest absolute Gasteiger partial charge is 0.507 e. The van der Waals surface area contributed by atoms with E-state index in [1.54, 1.807) is 19.2 Å². The fourth-order valence-corrected chi connectivity index (χ4v) is 3.70. The van der Waals surface area contributed by atoms with Crippen molar-refractivity contribution in [2.45, 2.75) is 6.42 Å². The molecule has 0 unspecified atom stereocenters. The number of nitrogens with zero attached hydrogens (tertiary/aromatic N) is 2. The highest BCUT2D eigenvalue weighted by atomic mass is 16.5. The van der Waals surface area contributed by atoms with E-state index in [1.165, 1.54) is 24.4 Å². The first-order valence-corrected chi connectivity index (χ1v) is 11.0. The quantitative estimate of drug-likeness (QED) is 0.269. The third-order valence-corrected chi connectivity index (χ3v) is 5.48. The Balaban J connectivity index is 1.50. The van der Waals surface area contributed by atoms with Crippen LogP contribution in [0, 0.1) is 11.3 Å². The summed E-state index contributed by atoms with van der Waals surface area (Å²) < 4.78 is 5.22. The van der Waals surface area contributed by atoms with Gasteiger partial charge in [0.1, 0.15) is 17.6 Å². The summed E-state index contributed by atoms with van der Waals surface area (Å²) >= 11 is 0. The Hall–Kier alpha value is -5.16. The summed E-state index contributed by atoms with van der Waals surface area (Å²) in [6, 6.07) is 24.3. The number of amides is 2. The number of methoxy groups -OCH3 is 1. The lowest BCUT2D eigenvalue weighted by atomic mass is 10.0. The first-order chi connectivity index (χ1) is 17.5. The molecular weight excluding hydrogens is 456 g/mol. The number of rotatable bonds is 7. The highest BCUT2D eigenvalue weighted by molar-refractivity contribution is 6.08. The summed E-state index contributed by atoms with van der Waals surface area (Å²) in [6.45, 7) is 0. The normalized spacial score (nSPS) is 10.7. The van der Waals surface area contributed by atoms with E-state index in [4.69, 9.17) is 10.00 Å². The summed E-state index contributed by atoms with van der Waals surface area (Å²) in [5.74, 6) is -0.182. The van der Waals surface area contributed by atoms with E-state index in [1.807, 2.05) is 54.6 Å². The van der Waals surface area contributed by atoms with Crippen LogP contribution in [0.25, 0.3) is 10.8 Å². The summed E-state index contributed by atoms with van der Waals surface area (Å²) in [5, 5.41) is 27.3. The van der Waals surface area contributed by atoms with Crippen molar-refractivity contribution < 1.29 is 19.4 Å². The van der Waals surface area contributed by atoms with E-state index in [2.05, 4.69) is 15.8 Å². The van der Waals surface area contributed by atoms with Crippen molar-refractivity contribution in [2.24, 2.45) is 5.10 Å². The number of anilines is 1. The zero-order valence-electron chi connectivity index (χ0n) is 19.4. The van der Waals surface area contributed by atoms with Crippen LogP contribution in [-0.2, 0) is 11.2 Å². The lowest BCUT2D eigenvalue weighted by Crippen LogP contribution is -2.17. The van der Waals surface area contributed by atoms with Crippen LogP contribution in [0.15, 0.2) is 84.0 Å². The molecule has 0 fully saturated rings. The minimum absolute atomic E-state index is 0.00154. The van der Waals surface area contributed by atoms with Crippen LogP contribution in [0.4, 0.5) is 5.69 Å². The fraction of sp³-hybridized carbons (Fsp3) is 0.0714. The van der Waals surface area contributed by atoms with Crippen molar-refractivity contribution in [1.29, 1.82) is 5.26 Å². The van der Waals surface area contributed by atoms with Crippen LogP contribution in [-0.4, -0.2) is 30.2 Å². The minimum Gasteiger partial charge on any atom is -0.507 e. The smallest absolute Gasteiger partial charge is 0.271 e. The van der Waals surface area contributed by atoms with Gasteiger partial charge in [0.25, 0.3) is 5.91 Å². The fourth-order valence-electron chi connectivity index (χ4n) is 3.70. The molecule has 8 heteroatoms. The second-order valence-electron chi connectivity index (χ2n) is 7.87. The molecule has 0 bridgehead atoms. The van der Waals surface area contributed by atoms with Crippen molar-refractivity contribution in [3.63, 3.8) is 0 Å². The Morgan fingerprint density at radius 3 is 2.61 bits per heavy atom. The van der Waals surface area contributed by atoms with E-state index in [-0.39, 0.29) is 29.2 Å². The molecule has 0 spiro atoms. The lowest BCUT2D eigenvalue weighted by Gasteiger charge is -2.11. The van der Waals surface area contributed by atoms with Crippen LogP contribution in [0.2, 0.25) is 0 Å². The van der Waals surface area contributed by atoms with Crippen LogP contribution in [0.1, 0.15) is 27.0 Å². The highest BCUT2D eigenvalue weighted by Gasteiger charge is 2.11. The molecule has 178 valence electrons. The van der Waals surface area contributed by atoms with Gasteiger partial charge >= 0.3 is 0 Å². The average Bonchev–Trinajstić information content (AvgIpc) is 2.90. The number of aromatic hydroxyl groups is 1. The summed E-state index contributed by atoms with van der Waals surface area (Å²) in [4.78, 5) is 25.1. The SMILES string of the molecule is COc1cccc(CC(=O)Nc2ccc(C=NNC(=O)c3ccc(O)c(C#N)c3)c3ccccc23)c1. The monoisotopic (exact) mass is 478 g/mol. The van der Waals surface area contributed by atoms with E-state index in [9.17, 15) is 14.7 Å². The zero-order chi connectivity index (χ0) is 25.5. The molecule has 0 heterocycles. The number of carbonyl (C=O) groups excluding carboxylic acids is 2. The molecule has 0 radical (unpaired) electrons. The number of hydrogen-bond donors (Lipinski definition) is 3. The van der Waals surface area contributed by atoms with Crippen LogP contribution >= 0.6 is 0 Å². The van der Waals surface area contributed by atoms with Gasteiger partial charge in [-0.1, -0.05) is 42.5 Å². The van der Waals surface area contributed by atoms with Crippen molar-refractivity contribution in [1.82, 2.24) is 5.43 Å². The van der Waals surface area contributed by atoms with Gasteiger partial charge < -0.3 is 15.2 Å². The van der Waals surface area contributed by atoms with Crippen molar-refractivity contribution in [3.8, 4) is 17.6 Å². The molecular formula is C28H22N4O4. The molecule has 0 aliphatic heterocycles. The van der Waals surface area contributed by atoms with Gasteiger partial charge in [-0.25, -0.2) is 5.43 Å². The van der Waals surface area contributed by atoms with Gasteiger partial charge in [-0.05, 0) is 47.3 Å². The van der Waals surface area contributed by atoms with E-state index < -0.39 is 5.91 Å².